The molecule has 0 aromatic carbocycles. The van der Waals surface area contributed by atoms with E-state index in [1.54, 1.807) is 26.0 Å². The topological polar surface area (TPSA) is 34.1 Å². The van der Waals surface area contributed by atoms with E-state index in [1.165, 1.54) is 72.0 Å². The fraction of sp³-hybridized carbons (Fsp3) is 0.476. The van der Waals surface area contributed by atoms with Crippen LogP contribution in [0.25, 0.3) is 0 Å². The standard InChI is InChI=1S/2C21H30O/c2*1-16(9-7-10-17(2)15-19(4)22)12-13-20-18(3)11-8-14-21(20,5)6/h2*7,9-10,12-13,15H,8,11,14H2,1-6H3/b2*10-7+,13-12+,16-9-,17-15+. The molecule has 0 spiro atoms. The predicted octanol–water partition coefficient (Wildman–Crippen LogP) is 12.2. The lowest BCUT2D eigenvalue weighted by Gasteiger charge is -2.33. The molecule has 0 heterocycles. The number of carbonyl (C=O) groups is 2. The van der Waals surface area contributed by atoms with Gasteiger partial charge in [0.25, 0.3) is 0 Å². The Hall–Kier alpha value is -3.26. The molecule has 0 amide bonds. The molecule has 0 atom stereocenters. The molecule has 0 unspecified atom stereocenters. The number of ketones is 2. The lowest BCUT2D eigenvalue weighted by Crippen LogP contribution is -2.19. The second-order valence-electron chi connectivity index (χ2n) is 14.1. The quantitative estimate of drug-likeness (QED) is 0.186. The van der Waals surface area contributed by atoms with Crippen molar-refractivity contribution in [3.05, 3.63) is 117 Å². The molecule has 2 heteroatoms. The minimum absolute atomic E-state index is 0.0877. The van der Waals surface area contributed by atoms with Crippen LogP contribution in [-0.4, -0.2) is 11.6 Å². The van der Waals surface area contributed by atoms with E-state index in [-0.39, 0.29) is 22.4 Å². The zero-order chi connectivity index (χ0) is 33.5. The molecule has 0 saturated heterocycles. The van der Waals surface area contributed by atoms with E-state index in [1.807, 2.05) is 38.2 Å². The first-order valence-corrected chi connectivity index (χ1v) is 16.3. The average molecular weight is 597 g/mol. The second kappa shape index (κ2) is 18.5. The van der Waals surface area contributed by atoms with Crippen LogP contribution in [0.4, 0.5) is 0 Å². The van der Waals surface area contributed by atoms with E-state index in [9.17, 15) is 9.59 Å². The lowest BCUT2D eigenvalue weighted by atomic mass is 9.72. The Morgan fingerprint density at radius 3 is 1.18 bits per heavy atom. The highest BCUT2D eigenvalue weighted by Gasteiger charge is 2.27. The van der Waals surface area contributed by atoms with E-state index < -0.39 is 0 Å². The van der Waals surface area contributed by atoms with Crippen molar-refractivity contribution in [2.75, 3.05) is 0 Å². The summed E-state index contributed by atoms with van der Waals surface area (Å²) in [6, 6.07) is 0. The molecular weight excluding hydrogens is 536 g/mol. The summed E-state index contributed by atoms with van der Waals surface area (Å²) in [5.41, 5.74) is 11.0. The molecule has 0 aromatic rings. The largest absolute Gasteiger partial charge is 0.295 e. The highest BCUT2D eigenvalue weighted by molar-refractivity contribution is 5.88. The van der Waals surface area contributed by atoms with Crippen molar-refractivity contribution >= 4 is 11.6 Å². The summed E-state index contributed by atoms with van der Waals surface area (Å²) < 4.78 is 0. The van der Waals surface area contributed by atoms with Gasteiger partial charge in [0.1, 0.15) is 0 Å². The van der Waals surface area contributed by atoms with Crippen LogP contribution in [0.15, 0.2) is 117 Å². The van der Waals surface area contributed by atoms with Gasteiger partial charge in [0, 0.05) is 0 Å². The van der Waals surface area contributed by atoms with Crippen LogP contribution < -0.4 is 0 Å². The van der Waals surface area contributed by atoms with Crippen LogP contribution in [0.1, 0.15) is 122 Å². The first kappa shape index (κ1) is 38.8. The van der Waals surface area contributed by atoms with Gasteiger partial charge in [0.2, 0.25) is 0 Å². The summed E-state index contributed by atoms with van der Waals surface area (Å²) >= 11 is 0. The maximum atomic E-state index is 11.0. The Morgan fingerprint density at radius 1 is 0.545 bits per heavy atom. The van der Waals surface area contributed by atoms with Crippen LogP contribution >= 0.6 is 0 Å². The summed E-state index contributed by atoms with van der Waals surface area (Å²) in [5.74, 6) is 0.175. The van der Waals surface area contributed by atoms with Crippen molar-refractivity contribution < 1.29 is 9.59 Å². The van der Waals surface area contributed by atoms with Gasteiger partial charge in [-0.15, -0.1) is 0 Å². The summed E-state index contributed by atoms with van der Waals surface area (Å²) in [6.45, 7) is 25.1. The molecular formula is C42H60O2. The number of hydrogen-bond acceptors (Lipinski definition) is 2. The summed E-state index contributed by atoms with van der Waals surface area (Å²) in [5, 5.41) is 0. The van der Waals surface area contributed by atoms with Crippen LogP contribution in [0, 0.1) is 10.8 Å². The Bertz CT molecular complexity index is 1230. The maximum Gasteiger partial charge on any atom is 0.152 e. The number of carbonyl (C=O) groups excluding carboxylic acids is 2. The molecule has 0 radical (unpaired) electrons. The van der Waals surface area contributed by atoms with E-state index in [2.05, 4.69) is 91.8 Å². The Kier molecular flexibility index (Phi) is 16.3. The van der Waals surface area contributed by atoms with E-state index in [0.29, 0.717) is 0 Å². The normalized spacial score (nSPS) is 20.3. The van der Waals surface area contributed by atoms with Crippen molar-refractivity contribution in [2.24, 2.45) is 10.8 Å². The first-order chi connectivity index (χ1) is 20.4. The molecule has 2 aliphatic rings. The predicted molar refractivity (Wildman–Crippen MR) is 194 cm³/mol. The highest BCUT2D eigenvalue weighted by Crippen LogP contribution is 2.41. The molecule has 0 aliphatic heterocycles. The van der Waals surface area contributed by atoms with Gasteiger partial charge in [-0.25, -0.2) is 0 Å². The molecule has 0 bridgehead atoms. The number of hydrogen-bond donors (Lipinski definition) is 0. The molecule has 240 valence electrons. The Morgan fingerprint density at radius 2 is 0.886 bits per heavy atom. The van der Waals surface area contributed by atoms with Gasteiger partial charge in [0.15, 0.2) is 11.6 Å². The van der Waals surface area contributed by atoms with Gasteiger partial charge >= 0.3 is 0 Å². The number of allylic oxidation sites excluding steroid dienone is 20. The fourth-order valence-corrected chi connectivity index (χ4v) is 6.00. The van der Waals surface area contributed by atoms with E-state index in [4.69, 9.17) is 0 Å². The summed E-state index contributed by atoms with van der Waals surface area (Å²) in [4.78, 5) is 22.0. The van der Waals surface area contributed by atoms with E-state index in [0.717, 1.165) is 11.1 Å². The van der Waals surface area contributed by atoms with Crippen molar-refractivity contribution in [3.63, 3.8) is 0 Å². The Labute approximate surface area is 270 Å². The molecule has 44 heavy (non-hydrogen) atoms. The SMILES string of the molecule is CC(=O)/C=C(C)/C=C/C=C(C)\C=C\C1=C(C)CCCC1(C)C.CC(=O)/C=C(C)/C=C/C=C(C)\C=C\C1=C(C)CCCC1(C)C. The molecule has 2 aliphatic carbocycles. The molecule has 0 aromatic heterocycles. The third-order valence-electron chi connectivity index (χ3n) is 8.41. The van der Waals surface area contributed by atoms with Crippen LogP contribution in [0.3, 0.4) is 0 Å². The molecule has 0 saturated carbocycles. The maximum absolute atomic E-state index is 11.0. The highest BCUT2D eigenvalue weighted by atomic mass is 16.1. The minimum atomic E-state index is 0.0877. The number of rotatable bonds is 10. The monoisotopic (exact) mass is 596 g/mol. The van der Waals surface area contributed by atoms with Gasteiger partial charge in [-0.1, -0.05) is 111 Å². The van der Waals surface area contributed by atoms with Crippen LogP contribution in [0.5, 0.6) is 0 Å². The smallest absolute Gasteiger partial charge is 0.152 e. The lowest BCUT2D eigenvalue weighted by molar-refractivity contribution is -0.113. The summed E-state index contributed by atoms with van der Waals surface area (Å²) in [6.07, 6.45) is 31.9. The van der Waals surface area contributed by atoms with E-state index >= 15 is 0 Å². The van der Waals surface area contributed by atoms with Crippen molar-refractivity contribution in [1.82, 2.24) is 0 Å². The van der Waals surface area contributed by atoms with Gasteiger partial charge in [-0.05, 0) is 139 Å². The van der Waals surface area contributed by atoms with Gasteiger partial charge < -0.3 is 0 Å². The van der Waals surface area contributed by atoms with Gasteiger partial charge in [-0.3, -0.25) is 9.59 Å². The molecule has 0 fully saturated rings. The van der Waals surface area contributed by atoms with Gasteiger partial charge in [-0.2, -0.15) is 0 Å². The second-order valence-corrected chi connectivity index (χ2v) is 14.1. The zero-order valence-electron chi connectivity index (χ0n) is 30.0. The molecule has 0 N–H and O–H groups in total. The average Bonchev–Trinajstić information content (AvgIpc) is 2.87. The van der Waals surface area contributed by atoms with Crippen molar-refractivity contribution in [2.45, 2.75) is 122 Å². The third-order valence-corrected chi connectivity index (χ3v) is 8.41. The van der Waals surface area contributed by atoms with Crippen molar-refractivity contribution in [1.29, 1.82) is 0 Å². The fourth-order valence-electron chi connectivity index (χ4n) is 6.00. The summed E-state index contributed by atoms with van der Waals surface area (Å²) in [7, 11) is 0. The minimum Gasteiger partial charge on any atom is -0.295 e. The zero-order valence-corrected chi connectivity index (χ0v) is 30.0. The Balaban J connectivity index is 0.000000440. The molecule has 2 rings (SSSR count). The van der Waals surface area contributed by atoms with Crippen LogP contribution in [-0.2, 0) is 9.59 Å². The van der Waals surface area contributed by atoms with Gasteiger partial charge in [0.05, 0.1) is 0 Å². The third kappa shape index (κ3) is 15.0. The molecule has 2 nitrogen and oxygen atoms in total. The first-order valence-electron chi connectivity index (χ1n) is 16.3. The van der Waals surface area contributed by atoms with Crippen molar-refractivity contribution in [3.8, 4) is 0 Å². The van der Waals surface area contributed by atoms with Crippen LogP contribution in [0.2, 0.25) is 0 Å².